The number of fused-ring (bicyclic) bond motifs is 3. The van der Waals surface area contributed by atoms with Gasteiger partial charge in [0.15, 0.2) is 0 Å². The molecule has 1 nitrogen and oxygen atoms in total. The van der Waals surface area contributed by atoms with E-state index in [1.807, 2.05) is 0 Å². The van der Waals surface area contributed by atoms with Gasteiger partial charge in [0.1, 0.15) is 7.85 Å². The SMILES string of the molecule is Bc1cc(CN(C)C)c2c(c1)-c1ccccc1C2. The first kappa shape index (κ1) is 11.5. The maximum Gasteiger partial charge on any atom is 0.139 e. The lowest BCUT2D eigenvalue weighted by Crippen LogP contribution is -2.15. The minimum absolute atomic E-state index is 1.03. The Morgan fingerprint density at radius 1 is 1.11 bits per heavy atom. The van der Waals surface area contributed by atoms with Gasteiger partial charge in [0.25, 0.3) is 0 Å². The molecule has 0 aliphatic heterocycles. The molecule has 18 heavy (non-hydrogen) atoms. The predicted octanol–water partition coefficient (Wildman–Crippen LogP) is 1.58. The summed E-state index contributed by atoms with van der Waals surface area (Å²) in [6, 6.07) is 13.5. The topological polar surface area (TPSA) is 3.24 Å². The Hall–Kier alpha value is -1.54. The Kier molecular flexibility index (Phi) is 2.75. The molecule has 0 spiro atoms. The third kappa shape index (κ3) is 1.87. The van der Waals surface area contributed by atoms with Gasteiger partial charge in [-0.05, 0) is 48.3 Å². The van der Waals surface area contributed by atoms with Crippen LogP contribution in [0.3, 0.4) is 0 Å². The number of rotatable bonds is 2. The van der Waals surface area contributed by atoms with Crippen LogP contribution in [0.5, 0.6) is 0 Å². The summed E-state index contributed by atoms with van der Waals surface area (Å²) in [7, 11) is 6.47. The molecular weight excluding hydrogens is 217 g/mol. The van der Waals surface area contributed by atoms with Crippen LogP contribution in [0.1, 0.15) is 16.7 Å². The van der Waals surface area contributed by atoms with E-state index in [-0.39, 0.29) is 0 Å². The molecule has 0 saturated heterocycles. The molecule has 2 aromatic carbocycles. The third-order valence-electron chi connectivity index (χ3n) is 3.65. The van der Waals surface area contributed by atoms with E-state index < -0.39 is 0 Å². The van der Waals surface area contributed by atoms with Crippen LogP contribution in [0, 0.1) is 0 Å². The molecule has 0 amide bonds. The largest absolute Gasteiger partial charge is 0.305 e. The van der Waals surface area contributed by atoms with Gasteiger partial charge in [-0.2, -0.15) is 0 Å². The highest BCUT2D eigenvalue weighted by molar-refractivity contribution is 6.32. The summed E-state index contributed by atoms with van der Waals surface area (Å²) in [5, 5.41) is 0. The smallest absolute Gasteiger partial charge is 0.139 e. The van der Waals surface area contributed by atoms with E-state index in [9.17, 15) is 0 Å². The van der Waals surface area contributed by atoms with Crippen molar-refractivity contribution in [1.82, 2.24) is 4.90 Å². The fraction of sp³-hybridized carbons (Fsp3) is 0.250. The second-order valence-corrected chi connectivity index (χ2v) is 5.52. The van der Waals surface area contributed by atoms with Gasteiger partial charge in [-0.25, -0.2) is 0 Å². The number of hydrogen-bond donors (Lipinski definition) is 0. The fourth-order valence-electron chi connectivity index (χ4n) is 2.95. The molecule has 0 radical (unpaired) electrons. The summed E-state index contributed by atoms with van der Waals surface area (Å²) < 4.78 is 0. The van der Waals surface area contributed by atoms with Crippen LogP contribution in [0.15, 0.2) is 36.4 Å². The molecule has 0 aromatic heterocycles. The Balaban J connectivity index is 2.16. The van der Waals surface area contributed by atoms with E-state index in [1.54, 1.807) is 0 Å². The zero-order chi connectivity index (χ0) is 12.7. The molecule has 0 saturated carbocycles. The predicted molar refractivity (Wildman–Crippen MR) is 80.3 cm³/mol. The van der Waals surface area contributed by atoms with Gasteiger partial charge in [0.2, 0.25) is 0 Å². The molecule has 3 rings (SSSR count). The maximum absolute atomic E-state index is 2.34. The molecule has 0 heterocycles. The first-order valence-electron chi connectivity index (χ1n) is 6.50. The summed E-state index contributed by atoms with van der Waals surface area (Å²) in [6.45, 7) is 1.03. The van der Waals surface area contributed by atoms with E-state index in [4.69, 9.17) is 0 Å². The van der Waals surface area contributed by atoms with Gasteiger partial charge in [-0.1, -0.05) is 41.9 Å². The van der Waals surface area contributed by atoms with Crippen molar-refractivity contribution in [3.05, 3.63) is 53.1 Å². The molecule has 0 atom stereocenters. The first-order valence-corrected chi connectivity index (χ1v) is 6.50. The lowest BCUT2D eigenvalue weighted by Gasteiger charge is -2.15. The Labute approximate surface area is 110 Å². The van der Waals surface area contributed by atoms with Crippen molar-refractivity contribution in [2.24, 2.45) is 0 Å². The number of hydrogen-bond acceptors (Lipinski definition) is 1. The van der Waals surface area contributed by atoms with Crippen LogP contribution in [0.2, 0.25) is 0 Å². The van der Waals surface area contributed by atoms with E-state index in [1.165, 1.54) is 33.3 Å². The van der Waals surface area contributed by atoms with Crippen LogP contribution >= 0.6 is 0 Å². The summed E-state index contributed by atoms with van der Waals surface area (Å²) in [4.78, 5) is 2.25. The molecule has 2 heteroatoms. The van der Waals surface area contributed by atoms with Gasteiger partial charge < -0.3 is 4.90 Å². The zero-order valence-electron chi connectivity index (χ0n) is 11.3. The lowest BCUT2D eigenvalue weighted by molar-refractivity contribution is 0.401. The van der Waals surface area contributed by atoms with Crippen molar-refractivity contribution in [3.8, 4) is 11.1 Å². The van der Waals surface area contributed by atoms with Gasteiger partial charge >= 0.3 is 0 Å². The fourth-order valence-corrected chi connectivity index (χ4v) is 2.95. The first-order chi connectivity index (χ1) is 8.65. The van der Waals surface area contributed by atoms with Crippen LogP contribution in [0.4, 0.5) is 0 Å². The molecule has 0 unspecified atom stereocenters. The summed E-state index contributed by atoms with van der Waals surface area (Å²) in [5.74, 6) is 0. The minimum atomic E-state index is 1.03. The van der Waals surface area contributed by atoms with Crippen molar-refractivity contribution < 1.29 is 0 Å². The molecule has 0 N–H and O–H groups in total. The summed E-state index contributed by atoms with van der Waals surface area (Å²) in [5.41, 5.74) is 8.71. The average Bonchev–Trinajstić information content (AvgIpc) is 2.67. The van der Waals surface area contributed by atoms with Crippen molar-refractivity contribution in [1.29, 1.82) is 0 Å². The molecule has 0 bridgehead atoms. The van der Waals surface area contributed by atoms with Crippen molar-refractivity contribution in [3.63, 3.8) is 0 Å². The third-order valence-corrected chi connectivity index (χ3v) is 3.65. The Morgan fingerprint density at radius 3 is 2.67 bits per heavy atom. The van der Waals surface area contributed by atoms with Crippen LogP contribution in [-0.4, -0.2) is 26.8 Å². The lowest BCUT2D eigenvalue weighted by atomic mass is 9.88. The second kappa shape index (κ2) is 4.29. The van der Waals surface area contributed by atoms with E-state index >= 15 is 0 Å². The van der Waals surface area contributed by atoms with E-state index in [0.29, 0.717) is 0 Å². The van der Waals surface area contributed by atoms with E-state index in [0.717, 1.165) is 13.0 Å². The van der Waals surface area contributed by atoms with Gasteiger partial charge in [0.05, 0.1) is 0 Å². The highest BCUT2D eigenvalue weighted by Crippen LogP contribution is 2.37. The monoisotopic (exact) mass is 235 g/mol. The molecule has 1 aliphatic carbocycles. The average molecular weight is 235 g/mol. The van der Waals surface area contributed by atoms with Crippen LogP contribution in [0.25, 0.3) is 11.1 Å². The molecule has 90 valence electrons. The van der Waals surface area contributed by atoms with Crippen LogP contribution < -0.4 is 5.46 Å². The Bertz CT molecular complexity index is 602. The molecule has 1 aliphatic rings. The summed E-state index contributed by atoms with van der Waals surface area (Å²) >= 11 is 0. The molecule has 2 aromatic rings. The van der Waals surface area contributed by atoms with E-state index in [2.05, 4.69) is 63.2 Å². The molecular formula is C16H18BN. The second-order valence-electron chi connectivity index (χ2n) is 5.52. The quantitative estimate of drug-likeness (QED) is 0.609. The number of benzene rings is 2. The van der Waals surface area contributed by atoms with Crippen LogP contribution in [-0.2, 0) is 13.0 Å². The normalized spacial score (nSPS) is 12.6. The van der Waals surface area contributed by atoms with Gasteiger partial charge in [0, 0.05) is 6.54 Å². The zero-order valence-corrected chi connectivity index (χ0v) is 11.3. The summed E-state index contributed by atoms with van der Waals surface area (Å²) in [6.07, 6.45) is 1.09. The van der Waals surface area contributed by atoms with Crippen molar-refractivity contribution >= 4 is 13.3 Å². The van der Waals surface area contributed by atoms with Crippen molar-refractivity contribution in [2.45, 2.75) is 13.0 Å². The minimum Gasteiger partial charge on any atom is -0.305 e. The molecule has 0 fully saturated rings. The van der Waals surface area contributed by atoms with Crippen molar-refractivity contribution in [2.75, 3.05) is 14.1 Å². The number of nitrogens with zero attached hydrogens (tertiary/aromatic N) is 1. The standard InChI is InChI=1S/C16H18BN/c1-18(2)10-12-7-13(17)9-16-14-6-4-3-5-11(14)8-15(12)16/h3-7,9H,8,10,17H2,1-2H3. The maximum atomic E-state index is 2.34. The Morgan fingerprint density at radius 2 is 1.89 bits per heavy atom. The highest BCUT2D eigenvalue weighted by Gasteiger charge is 2.20. The van der Waals surface area contributed by atoms with Gasteiger partial charge in [-0.15, -0.1) is 0 Å². The highest BCUT2D eigenvalue weighted by atomic mass is 15.0. The van der Waals surface area contributed by atoms with Gasteiger partial charge in [-0.3, -0.25) is 0 Å².